The van der Waals surface area contributed by atoms with Crippen LogP contribution in [0.25, 0.3) is 0 Å². The van der Waals surface area contributed by atoms with Crippen molar-refractivity contribution in [2.75, 3.05) is 38.1 Å². The van der Waals surface area contributed by atoms with Crippen LogP contribution in [0.5, 0.6) is 0 Å². The third kappa shape index (κ3) is 5.22. The average molecular weight is 391 g/mol. The van der Waals surface area contributed by atoms with E-state index >= 15 is 0 Å². The summed E-state index contributed by atoms with van der Waals surface area (Å²) < 4.78 is 14.6. The molecule has 1 aliphatic carbocycles. The fraction of sp³-hybridized carbons (Fsp3) is 0.619. The molecule has 1 aromatic rings. The molecule has 0 atom stereocenters. The van der Waals surface area contributed by atoms with Crippen molar-refractivity contribution in [1.82, 2.24) is 15.5 Å². The molecule has 2 amide bonds. The summed E-state index contributed by atoms with van der Waals surface area (Å²) in [7, 11) is 1.61. The molecule has 6 nitrogen and oxygen atoms in total. The number of carbonyl (C=O) groups is 2. The van der Waals surface area contributed by atoms with Gasteiger partial charge in [0, 0.05) is 51.7 Å². The molecule has 1 heterocycles. The largest absolute Gasteiger partial charge is 0.367 e. The monoisotopic (exact) mass is 390 g/mol. The van der Waals surface area contributed by atoms with Crippen LogP contribution in [-0.4, -0.2) is 62.5 Å². The summed E-state index contributed by atoms with van der Waals surface area (Å²) in [5.74, 6) is -0.236. The lowest BCUT2D eigenvalue weighted by atomic mass is 9.90. The minimum Gasteiger partial charge on any atom is -0.367 e. The van der Waals surface area contributed by atoms with E-state index in [0.717, 1.165) is 63.8 Å². The predicted octanol–water partition coefficient (Wildman–Crippen LogP) is 1.68. The Morgan fingerprint density at radius 2 is 1.89 bits per heavy atom. The second-order valence-electron chi connectivity index (χ2n) is 7.77. The van der Waals surface area contributed by atoms with Gasteiger partial charge < -0.3 is 15.5 Å². The Kier molecular flexibility index (Phi) is 7.25. The second kappa shape index (κ2) is 9.87. The zero-order valence-electron chi connectivity index (χ0n) is 16.6. The Morgan fingerprint density at radius 1 is 1.18 bits per heavy atom. The van der Waals surface area contributed by atoms with Crippen LogP contribution in [0.2, 0.25) is 0 Å². The lowest BCUT2D eigenvalue weighted by molar-refractivity contribution is -0.120. The molecule has 0 radical (unpaired) electrons. The molecule has 2 fully saturated rings. The van der Waals surface area contributed by atoms with Crippen molar-refractivity contribution in [3.8, 4) is 0 Å². The highest BCUT2D eigenvalue weighted by Gasteiger charge is 2.28. The summed E-state index contributed by atoms with van der Waals surface area (Å²) in [6.45, 7) is 3.52. The van der Waals surface area contributed by atoms with E-state index in [9.17, 15) is 14.0 Å². The molecule has 28 heavy (non-hydrogen) atoms. The number of hydrogen-bond acceptors (Lipinski definition) is 4. The molecule has 0 spiro atoms. The number of nitrogens with zero attached hydrogens (tertiary/aromatic N) is 2. The van der Waals surface area contributed by atoms with Crippen LogP contribution in [-0.2, 0) is 16.0 Å². The molecular weight excluding hydrogens is 359 g/mol. The number of aryl methyl sites for hydroxylation is 1. The first-order chi connectivity index (χ1) is 13.6. The SMILES string of the molecule is CNC(=O)CCc1ccc(N2CCN(C3CCC(NC=O)CC3)CC2)c(F)c1. The molecule has 1 aliphatic heterocycles. The van der Waals surface area contributed by atoms with Gasteiger partial charge in [-0.05, 0) is 49.8 Å². The van der Waals surface area contributed by atoms with Gasteiger partial charge in [0.15, 0.2) is 0 Å². The summed E-state index contributed by atoms with van der Waals surface area (Å²) >= 11 is 0. The van der Waals surface area contributed by atoms with Gasteiger partial charge in [-0.1, -0.05) is 6.07 Å². The summed E-state index contributed by atoms with van der Waals surface area (Å²) in [5, 5.41) is 5.48. The third-order valence-corrected chi connectivity index (χ3v) is 6.10. The van der Waals surface area contributed by atoms with Crippen LogP contribution in [0.4, 0.5) is 10.1 Å². The first-order valence-corrected chi connectivity index (χ1v) is 10.3. The zero-order valence-corrected chi connectivity index (χ0v) is 16.6. The van der Waals surface area contributed by atoms with Gasteiger partial charge in [0.2, 0.25) is 12.3 Å². The van der Waals surface area contributed by atoms with Crippen molar-refractivity contribution in [2.24, 2.45) is 0 Å². The second-order valence-corrected chi connectivity index (χ2v) is 7.77. The van der Waals surface area contributed by atoms with E-state index in [2.05, 4.69) is 20.4 Å². The number of piperazine rings is 1. The van der Waals surface area contributed by atoms with Gasteiger partial charge in [0.1, 0.15) is 5.82 Å². The maximum atomic E-state index is 14.6. The minimum absolute atomic E-state index is 0.0309. The standard InChI is InChI=1S/C21H31FN4O2/c1-23-21(28)9-3-16-2-8-20(19(22)14-16)26-12-10-25(11-13-26)18-6-4-17(5-7-18)24-15-27/h2,8,14-15,17-18H,3-7,9-13H2,1H3,(H,23,28)(H,24,27). The van der Waals surface area contributed by atoms with E-state index in [1.807, 2.05) is 12.1 Å². The summed E-state index contributed by atoms with van der Waals surface area (Å²) in [5.41, 5.74) is 1.51. The quantitative estimate of drug-likeness (QED) is 0.696. The average Bonchev–Trinajstić information content (AvgIpc) is 2.73. The first-order valence-electron chi connectivity index (χ1n) is 10.3. The number of amides is 2. The van der Waals surface area contributed by atoms with E-state index in [1.54, 1.807) is 13.1 Å². The van der Waals surface area contributed by atoms with Crippen molar-refractivity contribution in [3.05, 3.63) is 29.6 Å². The van der Waals surface area contributed by atoms with Gasteiger partial charge in [-0.25, -0.2) is 4.39 Å². The molecule has 1 saturated carbocycles. The van der Waals surface area contributed by atoms with E-state index in [4.69, 9.17) is 0 Å². The predicted molar refractivity (Wildman–Crippen MR) is 108 cm³/mol. The summed E-state index contributed by atoms with van der Waals surface area (Å²) in [6, 6.07) is 6.23. The summed E-state index contributed by atoms with van der Waals surface area (Å²) in [6.07, 6.45) is 6.03. The Labute approximate surface area is 166 Å². The number of hydrogen-bond donors (Lipinski definition) is 2. The Morgan fingerprint density at radius 3 is 2.50 bits per heavy atom. The van der Waals surface area contributed by atoms with Crippen LogP contribution in [0, 0.1) is 5.82 Å². The third-order valence-electron chi connectivity index (χ3n) is 6.10. The lowest BCUT2D eigenvalue weighted by Crippen LogP contribution is -2.52. The van der Waals surface area contributed by atoms with Crippen molar-refractivity contribution < 1.29 is 14.0 Å². The molecule has 154 valence electrons. The molecule has 2 aliphatic rings. The molecule has 1 aromatic carbocycles. The molecule has 0 bridgehead atoms. The number of rotatable bonds is 7. The van der Waals surface area contributed by atoms with Crippen molar-refractivity contribution in [3.63, 3.8) is 0 Å². The fourth-order valence-electron chi connectivity index (χ4n) is 4.38. The molecule has 3 rings (SSSR count). The topological polar surface area (TPSA) is 64.7 Å². The highest BCUT2D eigenvalue weighted by atomic mass is 19.1. The molecule has 0 aromatic heterocycles. The zero-order chi connectivity index (χ0) is 19.9. The van der Waals surface area contributed by atoms with Crippen molar-refractivity contribution in [1.29, 1.82) is 0 Å². The Bertz CT molecular complexity index is 668. The van der Waals surface area contributed by atoms with Crippen LogP contribution in [0.1, 0.15) is 37.7 Å². The van der Waals surface area contributed by atoms with E-state index in [1.165, 1.54) is 0 Å². The van der Waals surface area contributed by atoms with E-state index < -0.39 is 0 Å². The maximum absolute atomic E-state index is 14.6. The molecule has 2 N–H and O–H groups in total. The lowest BCUT2D eigenvalue weighted by Gasteiger charge is -2.42. The molecule has 0 unspecified atom stereocenters. The maximum Gasteiger partial charge on any atom is 0.220 e. The number of halogens is 1. The van der Waals surface area contributed by atoms with Crippen molar-refractivity contribution in [2.45, 2.75) is 50.6 Å². The highest BCUT2D eigenvalue weighted by Crippen LogP contribution is 2.27. The highest BCUT2D eigenvalue weighted by molar-refractivity contribution is 5.75. The minimum atomic E-state index is -0.205. The number of carbonyl (C=O) groups excluding carboxylic acids is 2. The van der Waals surface area contributed by atoms with Crippen LogP contribution < -0.4 is 15.5 Å². The van der Waals surface area contributed by atoms with E-state index in [0.29, 0.717) is 30.6 Å². The normalized spacial score (nSPS) is 23.3. The van der Waals surface area contributed by atoms with Gasteiger partial charge in [-0.2, -0.15) is 0 Å². The Balaban J connectivity index is 1.49. The molecule has 7 heteroatoms. The Hall–Kier alpha value is -2.15. The van der Waals surface area contributed by atoms with Crippen LogP contribution >= 0.6 is 0 Å². The molecule has 1 saturated heterocycles. The van der Waals surface area contributed by atoms with Gasteiger partial charge in [0.25, 0.3) is 0 Å². The first kappa shape index (κ1) is 20.6. The number of benzene rings is 1. The van der Waals surface area contributed by atoms with Gasteiger partial charge in [-0.3, -0.25) is 14.5 Å². The summed E-state index contributed by atoms with van der Waals surface area (Å²) in [4.78, 5) is 26.6. The smallest absolute Gasteiger partial charge is 0.220 e. The number of anilines is 1. The fourth-order valence-corrected chi connectivity index (χ4v) is 4.38. The molecular formula is C21H31FN4O2. The van der Waals surface area contributed by atoms with E-state index in [-0.39, 0.29) is 11.7 Å². The van der Waals surface area contributed by atoms with Gasteiger partial charge in [-0.15, -0.1) is 0 Å². The van der Waals surface area contributed by atoms with Crippen LogP contribution in [0.15, 0.2) is 18.2 Å². The van der Waals surface area contributed by atoms with Crippen LogP contribution in [0.3, 0.4) is 0 Å². The van der Waals surface area contributed by atoms with Crippen molar-refractivity contribution >= 4 is 18.0 Å². The number of nitrogens with one attached hydrogen (secondary N) is 2. The van der Waals surface area contributed by atoms with Gasteiger partial charge >= 0.3 is 0 Å². The van der Waals surface area contributed by atoms with Gasteiger partial charge in [0.05, 0.1) is 5.69 Å².